The normalized spacial score (nSPS) is 43.8. The molecule has 3 unspecified atom stereocenters. The van der Waals surface area contributed by atoms with E-state index in [1.165, 1.54) is 44.1 Å². The maximum Gasteiger partial charge on any atom is 0.0846 e. The molecule has 5 rings (SSSR count). The van der Waals surface area contributed by atoms with Gasteiger partial charge >= 0.3 is 0 Å². The zero-order valence-electron chi connectivity index (χ0n) is 12.7. The van der Waals surface area contributed by atoms with Gasteiger partial charge in [-0.15, -0.1) is 0 Å². The molecule has 0 heterocycles. The van der Waals surface area contributed by atoms with Crippen LogP contribution in [-0.2, 0) is 0 Å². The molecule has 4 aliphatic rings. The Hall–Kier alpha value is -0.820. The average molecular weight is 270 g/mol. The van der Waals surface area contributed by atoms with Gasteiger partial charge < -0.3 is 5.11 Å². The Morgan fingerprint density at radius 3 is 2.45 bits per heavy atom. The van der Waals surface area contributed by atoms with Crippen molar-refractivity contribution in [2.75, 3.05) is 0 Å². The molecule has 1 nitrogen and oxygen atoms in total. The highest BCUT2D eigenvalue weighted by molar-refractivity contribution is 5.27. The SMILES string of the molecule is Cc1cccc(C(O)C23CC4CC(CC(C)(C4)C2)C3)c1. The summed E-state index contributed by atoms with van der Waals surface area (Å²) in [6.07, 6.45) is 7.74. The van der Waals surface area contributed by atoms with Gasteiger partial charge in [0.05, 0.1) is 6.10 Å². The van der Waals surface area contributed by atoms with Gasteiger partial charge in [0.1, 0.15) is 0 Å². The second-order valence-electron chi connectivity index (χ2n) is 8.45. The molecule has 0 spiro atoms. The van der Waals surface area contributed by atoms with Crippen LogP contribution in [0.15, 0.2) is 24.3 Å². The monoisotopic (exact) mass is 270 g/mol. The van der Waals surface area contributed by atoms with Crippen LogP contribution in [0.1, 0.15) is 62.7 Å². The van der Waals surface area contributed by atoms with Crippen molar-refractivity contribution in [2.24, 2.45) is 22.7 Å². The van der Waals surface area contributed by atoms with Crippen molar-refractivity contribution >= 4 is 0 Å². The molecule has 0 aliphatic heterocycles. The van der Waals surface area contributed by atoms with Gasteiger partial charge in [-0.1, -0.05) is 36.8 Å². The summed E-state index contributed by atoms with van der Waals surface area (Å²) >= 11 is 0. The largest absolute Gasteiger partial charge is 0.388 e. The van der Waals surface area contributed by atoms with Crippen LogP contribution in [-0.4, -0.2) is 5.11 Å². The fourth-order valence-corrected chi connectivity index (χ4v) is 6.31. The molecule has 0 radical (unpaired) electrons. The van der Waals surface area contributed by atoms with Gasteiger partial charge in [0.2, 0.25) is 0 Å². The molecule has 4 aliphatic carbocycles. The van der Waals surface area contributed by atoms with Crippen molar-refractivity contribution in [2.45, 2.75) is 58.5 Å². The molecule has 4 bridgehead atoms. The number of aryl methyl sites for hydroxylation is 1. The van der Waals surface area contributed by atoms with Crippen LogP contribution in [0.4, 0.5) is 0 Å². The second-order valence-corrected chi connectivity index (χ2v) is 8.45. The predicted octanol–water partition coefficient (Wildman–Crippen LogP) is 4.63. The van der Waals surface area contributed by atoms with E-state index in [1.807, 2.05) is 0 Å². The maximum atomic E-state index is 11.1. The Morgan fingerprint density at radius 1 is 1.15 bits per heavy atom. The number of rotatable bonds is 2. The summed E-state index contributed by atoms with van der Waals surface area (Å²) in [5.74, 6) is 1.75. The Balaban J connectivity index is 1.70. The quantitative estimate of drug-likeness (QED) is 0.830. The van der Waals surface area contributed by atoms with E-state index in [9.17, 15) is 5.11 Å². The first-order valence-corrected chi connectivity index (χ1v) is 8.23. The Labute approximate surface area is 122 Å². The summed E-state index contributed by atoms with van der Waals surface area (Å²) in [7, 11) is 0. The number of aliphatic hydroxyl groups excluding tert-OH is 1. The van der Waals surface area contributed by atoms with Gasteiger partial charge in [0, 0.05) is 5.41 Å². The van der Waals surface area contributed by atoms with E-state index in [1.54, 1.807) is 0 Å². The fourth-order valence-electron chi connectivity index (χ4n) is 6.31. The van der Waals surface area contributed by atoms with Gasteiger partial charge in [-0.05, 0) is 68.3 Å². The summed E-state index contributed by atoms with van der Waals surface area (Å²) in [6, 6.07) is 8.53. The van der Waals surface area contributed by atoms with Crippen molar-refractivity contribution in [3.05, 3.63) is 35.4 Å². The topological polar surface area (TPSA) is 20.2 Å². The first kappa shape index (κ1) is 12.9. The number of benzene rings is 1. The second kappa shape index (κ2) is 4.10. The van der Waals surface area contributed by atoms with E-state index in [2.05, 4.69) is 38.1 Å². The first-order valence-electron chi connectivity index (χ1n) is 8.23. The third kappa shape index (κ3) is 1.86. The van der Waals surface area contributed by atoms with Crippen molar-refractivity contribution in [1.29, 1.82) is 0 Å². The standard InChI is InChI=1S/C19H26O/c1-13-4-3-5-16(6-13)17(20)19-10-14-7-15(11-19)9-18(2,8-14)12-19/h3-6,14-15,17,20H,7-12H2,1-2H3. The summed E-state index contributed by atoms with van der Waals surface area (Å²) in [6.45, 7) is 4.60. The molecule has 20 heavy (non-hydrogen) atoms. The van der Waals surface area contributed by atoms with Crippen LogP contribution in [0.5, 0.6) is 0 Å². The van der Waals surface area contributed by atoms with Gasteiger partial charge in [0.25, 0.3) is 0 Å². The van der Waals surface area contributed by atoms with E-state index in [0.29, 0.717) is 5.41 Å². The Kier molecular flexibility index (Phi) is 2.64. The summed E-state index contributed by atoms with van der Waals surface area (Å²) < 4.78 is 0. The predicted molar refractivity (Wildman–Crippen MR) is 81.4 cm³/mol. The lowest BCUT2D eigenvalue weighted by molar-refractivity contribution is -0.155. The molecule has 1 aromatic rings. The summed E-state index contributed by atoms with van der Waals surface area (Å²) in [5, 5.41) is 11.1. The third-order valence-electron chi connectivity index (χ3n) is 6.34. The van der Waals surface area contributed by atoms with Crippen LogP contribution >= 0.6 is 0 Å². The number of aliphatic hydroxyl groups is 1. The highest BCUT2D eigenvalue weighted by atomic mass is 16.3. The molecule has 3 atom stereocenters. The van der Waals surface area contributed by atoms with Crippen LogP contribution < -0.4 is 0 Å². The van der Waals surface area contributed by atoms with Crippen molar-refractivity contribution in [3.8, 4) is 0 Å². The molecular weight excluding hydrogens is 244 g/mol. The molecule has 1 N–H and O–H groups in total. The van der Waals surface area contributed by atoms with Crippen LogP contribution in [0.3, 0.4) is 0 Å². The number of hydrogen-bond donors (Lipinski definition) is 1. The minimum absolute atomic E-state index is 0.173. The molecule has 0 saturated heterocycles. The molecule has 0 amide bonds. The minimum Gasteiger partial charge on any atom is -0.388 e. The van der Waals surface area contributed by atoms with Crippen LogP contribution in [0.25, 0.3) is 0 Å². The Morgan fingerprint density at radius 2 is 1.85 bits per heavy atom. The molecule has 1 heteroatoms. The van der Waals surface area contributed by atoms with Crippen molar-refractivity contribution in [3.63, 3.8) is 0 Å². The van der Waals surface area contributed by atoms with Crippen LogP contribution in [0.2, 0.25) is 0 Å². The average Bonchev–Trinajstić information content (AvgIpc) is 2.35. The highest BCUT2D eigenvalue weighted by Crippen LogP contribution is 2.68. The molecule has 4 saturated carbocycles. The van der Waals surface area contributed by atoms with E-state index >= 15 is 0 Å². The number of hydrogen-bond acceptors (Lipinski definition) is 1. The fraction of sp³-hybridized carbons (Fsp3) is 0.684. The zero-order valence-corrected chi connectivity index (χ0v) is 12.7. The highest BCUT2D eigenvalue weighted by Gasteiger charge is 2.58. The lowest BCUT2D eigenvalue weighted by Gasteiger charge is -2.62. The maximum absolute atomic E-state index is 11.1. The van der Waals surface area contributed by atoms with Gasteiger partial charge in [-0.25, -0.2) is 0 Å². The van der Waals surface area contributed by atoms with Crippen LogP contribution in [0, 0.1) is 29.6 Å². The molecular formula is C19H26O. The van der Waals surface area contributed by atoms with E-state index < -0.39 is 0 Å². The lowest BCUT2D eigenvalue weighted by Crippen LogP contribution is -2.53. The smallest absolute Gasteiger partial charge is 0.0846 e. The van der Waals surface area contributed by atoms with Gasteiger partial charge in [-0.2, -0.15) is 0 Å². The van der Waals surface area contributed by atoms with E-state index in [-0.39, 0.29) is 11.5 Å². The summed E-state index contributed by atoms with van der Waals surface area (Å²) in [4.78, 5) is 0. The molecule has 108 valence electrons. The minimum atomic E-state index is -0.257. The van der Waals surface area contributed by atoms with Crippen molar-refractivity contribution < 1.29 is 5.11 Å². The van der Waals surface area contributed by atoms with Crippen molar-refractivity contribution in [1.82, 2.24) is 0 Å². The van der Waals surface area contributed by atoms with Gasteiger partial charge in [0.15, 0.2) is 0 Å². The lowest BCUT2D eigenvalue weighted by atomic mass is 9.43. The third-order valence-corrected chi connectivity index (χ3v) is 6.34. The molecule has 4 fully saturated rings. The molecule has 0 aromatic heterocycles. The van der Waals surface area contributed by atoms with E-state index in [4.69, 9.17) is 0 Å². The van der Waals surface area contributed by atoms with E-state index in [0.717, 1.165) is 17.4 Å². The zero-order chi connectivity index (χ0) is 14.0. The molecule has 1 aromatic carbocycles. The first-order chi connectivity index (χ1) is 9.48. The Bertz CT molecular complexity index is 518. The summed E-state index contributed by atoms with van der Waals surface area (Å²) in [5.41, 5.74) is 3.09. The van der Waals surface area contributed by atoms with Gasteiger partial charge in [-0.3, -0.25) is 0 Å².